The lowest BCUT2D eigenvalue weighted by Gasteiger charge is -2.08. The van der Waals surface area contributed by atoms with Gasteiger partial charge in [0.15, 0.2) is 0 Å². The number of nitrogens with zero attached hydrogens (tertiary/aromatic N) is 1. The van der Waals surface area contributed by atoms with Crippen LogP contribution >= 0.6 is 11.6 Å². The average Bonchev–Trinajstić information content (AvgIpc) is 3.17. The summed E-state index contributed by atoms with van der Waals surface area (Å²) in [5.74, 6) is -0.171. The van der Waals surface area contributed by atoms with Crippen molar-refractivity contribution in [3.63, 3.8) is 0 Å². The van der Waals surface area contributed by atoms with E-state index < -0.39 is 23.9 Å². The highest BCUT2D eigenvalue weighted by Gasteiger charge is 2.12. The molecule has 0 amide bonds. The Morgan fingerprint density at radius 3 is 1.47 bits per heavy atom. The summed E-state index contributed by atoms with van der Waals surface area (Å²) in [6.07, 6.45) is 6.55. The first-order chi connectivity index (χ1) is 25.7. The number of rotatable bonds is 20. The summed E-state index contributed by atoms with van der Waals surface area (Å²) in [5.41, 5.74) is 1.89. The maximum atomic E-state index is 12.7. The maximum Gasteiger partial charge on any atom is 0.343 e. The van der Waals surface area contributed by atoms with Gasteiger partial charge in [0.05, 0.1) is 48.3 Å². The van der Waals surface area contributed by atoms with Crippen molar-refractivity contribution >= 4 is 47.4 Å². The number of hydrogen-bond acceptors (Lipinski definition) is 11. The largest absolute Gasteiger partial charge is 0.494 e. The number of halogens is 1. The van der Waals surface area contributed by atoms with Crippen molar-refractivity contribution in [3.05, 3.63) is 138 Å². The molecule has 0 aromatic heterocycles. The van der Waals surface area contributed by atoms with Crippen LogP contribution in [0.5, 0.6) is 23.0 Å². The predicted octanol–water partition coefficient (Wildman–Crippen LogP) is 8.31. The van der Waals surface area contributed by atoms with Crippen molar-refractivity contribution in [2.45, 2.75) is 25.7 Å². The minimum absolute atomic E-state index is 0.255. The zero-order valence-corrected chi connectivity index (χ0v) is 29.6. The van der Waals surface area contributed by atoms with E-state index in [4.69, 9.17) is 40.0 Å². The second-order valence-corrected chi connectivity index (χ2v) is 11.5. The molecule has 0 saturated carbocycles. The van der Waals surface area contributed by atoms with Gasteiger partial charge in [0, 0.05) is 24.4 Å². The summed E-state index contributed by atoms with van der Waals surface area (Å²) in [4.78, 5) is 51.8. The SMILES string of the molecule is C=CC(=O)OCCCCOc1ccc(C(=O)Oc2ccc(C=Nc3ccc(OC(=O)c4ccc(OCCCCOC(=O)C=C)cc4)cc3Cl)cc2)cc1. The molecule has 0 atom stereocenters. The first-order valence-corrected chi connectivity index (χ1v) is 17.0. The summed E-state index contributed by atoms with van der Waals surface area (Å²) < 4.78 is 32.1. The molecule has 0 aliphatic heterocycles. The lowest BCUT2D eigenvalue weighted by Crippen LogP contribution is -2.08. The highest BCUT2D eigenvalue weighted by molar-refractivity contribution is 6.33. The van der Waals surface area contributed by atoms with Crippen LogP contribution in [0.2, 0.25) is 5.02 Å². The summed E-state index contributed by atoms with van der Waals surface area (Å²) in [6.45, 7) is 8.16. The van der Waals surface area contributed by atoms with Crippen molar-refractivity contribution in [1.29, 1.82) is 0 Å². The molecule has 53 heavy (non-hydrogen) atoms. The maximum absolute atomic E-state index is 12.7. The van der Waals surface area contributed by atoms with Gasteiger partial charge in [0.1, 0.15) is 23.0 Å². The molecular weight excluding hydrogens is 702 g/mol. The molecule has 0 heterocycles. The Bertz CT molecular complexity index is 1890. The van der Waals surface area contributed by atoms with E-state index in [1.807, 2.05) is 0 Å². The molecule has 0 fully saturated rings. The van der Waals surface area contributed by atoms with Crippen LogP contribution in [0.25, 0.3) is 0 Å². The number of esters is 4. The first-order valence-electron chi connectivity index (χ1n) is 16.7. The van der Waals surface area contributed by atoms with Gasteiger partial charge in [-0.15, -0.1) is 0 Å². The number of carbonyl (C=O) groups excluding carboxylic acids is 4. The molecule has 0 saturated heterocycles. The lowest BCUT2D eigenvalue weighted by molar-refractivity contribution is -0.138. The Kier molecular flexibility index (Phi) is 15.9. The van der Waals surface area contributed by atoms with E-state index in [0.717, 1.165) is 17.7 Å². The third-order valence-corrected chi connectivity index (χ3v) is 7.49. The van der Waals surface area contributed by atoms with Gasteiger partial charge in [-0.1, -0.05) is 24.8 Å². The zero-order chi connectivity index (χ0) is 37.8. The molecule has 0 aliphatic rings. The number of carbonyl (C=O) groups is 4. The fraction of sp³-hybridized carbons (Fsp3) is 0.195. The van der Waals surface area contributed by atoms with Crippen LogP contribution in [-0.4, -0.2) is 56.5 Å². The smallest absolute Gasteiger partial charge is 0.343 e. The van der Waals surface area contributed by atoms with Gasteiger partial charge in [-0.05, 0) is 116 Å². The van der Waals surface area contributed by atoms with Gasteiger partial charge < -0.3 is 28.4 Å². The van der Waals surface area contributed by atoms with Gasteiger partial charge in [-0.2, -0.15) is 0 Å². The molecule has 0 radical (unpaired) electrons. The molecular formula is C41H38ClNO10. The second kappa shape index (κ2) is 21.2. The topological polar surface area (TPSA) is 136 Å². The van der Waals surface area contributed by atoms with E-state index in [1.54, 1.807) is 91.1 Å². The highest BCUT2D eigenvalue weighted by atomic mass is 35.5. The van der Waals surface area contributed by atoms with Crippen LogP contribution in [0, 0.1) is 0 Å². The van der Waals surface area contributed by atoms with Crippen molar-refractivity contribution in [1.82, 2.24) is 0 Å². The molecule has 0 aliphatic carbocycles. The zero-order valence-electron chi connectivity index (χ0n) is 28.9. The highest BCUT2D eigenvalue weighted by Crippen LogP contribution is 2.30. The van der Waals surface area contributed by atoms with Crippen molar-refractivity contribution in [2.24, 2.45) is 4.99 Å². The second-order valence-electron chi connectivity index (χ2n) is 11.1. The molecule has 4 aromatic rings. The lowest BCUT2D eigenvalue weighted by atomic mass is 10.2. The van der Waals surface area contributed by atoms with Crippen molar-refractivity contribution < 1.29 is 47.6 Å². The Balaban J connectivity index is 1.19. The number of benzene rings is 4. The number of aliphatic imine (C=N–C) groups is 1. The molecule has 0 N–H and O–H groups in total. The summed E-state index contributed by atoms with van der Waals surface area (Å²) >= 11 is 6.42. The average molecular weight is 740 g/mol. The molecule has 4 rings (SSSR count). The molecule has 0 bridgehead atoms. The fourth-order valence-electron chi connectivity index (χ4n) is 4.38. The van der Waals surface area contributed by atoms with E-state index in [9.17, 15) is 19.2 Å². The summed E-state index contributed by atoms with van der Waals surface area (Å²) in [5, 5.41) is 0.281. The van der Waals surface area contributed by atoms with Crippen LogP contribution in [0.15, 0.2) is 121 Å². The van der Waals surface area contributed by atoms with Gasteiger partial charge in [-0.3, -0.25) is 4.99 Å². The molecule has 0 spiro atoms. The molecule has 274 valence electrons. The Morgan fingerprint density at radius 1 is 0.566 bits per heavy atom. The standard InChI is InChI=1S/C41H38ClNO10/c1-3-38(44)50-25-7-5-23-48-32-17-11-30(12-18-32)40(46)52-34-15-9-29(10-16-34)28-43-37-22-21-35(27-36(37)42)53-41(47)31-13-19-33(20-14-31)49-24-6-8-26-51-39(45)4-2/h3-4,9-22,27-28H,1-2,5-8,23-26H2. The number of hydrogen-bond donors (Lipinski definition) is 0. The molecule has 11 nitrogen and oxygen atoms in total. The number of ether oxygens (including phenoxy) is 6. The Hall–Kier alpha value is -6.20. The minimum atomic E-state index is -0.561. The van der Waals surface area contributed by atoms with Crippen LogP contribution in [0.3, 0.4) is 0 Å². The summed E-state index contributed by atoms with van der Waals surface area (Å²) in [6, 6.07) is 24.7. The van der Waals surface area contributed by atoms with Crippen LogP contribution < -0.4 is 18.9 Å². The van der Waals surface area contributed by atoms with Gasteiger partial charge in [0.2, 0.25) is 0 Å². The number of unbranched alkanes of at least 4 members (excludes halogenated alkanes) is 2. The molecule has 4 aromatic carbocycles. The minimum Gasteiger partial charge on any atom is -0.494 e. The Morgan fingerprint density at radius 2 is 1.00 bits per heavy atom. The van der Waals surface area contributed by atoms with Crippen molar-refractivity contribution in [3.8, 4) is 23.0 Å². The quantitative estimate of drug-likeness (QED) is 0.0286. The van der Waals surface area contributed by atoms with E-state index in [-0.39, 0.29) is 10.8 Å². The van der Waals surface area contributed by atoms with E-state index in [2.05, 4.69) is 18.2 Å². The monoisotopic (exact) mass is 739 g/mol. The summed E-state index contributed by atoms with van der Waals surface area (Å²) in [7, 11) is 0. The van der Waals surface area contributed by atoms with Crippen molar-refractivity contribution in [2.75, 3.05) is 26.4 Å². The van der Waals surface area contributed by atoms with E-state index >= 15 is 0 Å². The van der Waals surface area contributed by atoms with Gasteiger partial charge in [-0.25, -0.2) is 19.2 Å². The molecule has 12 heteroatoms. The third kappa shape index (κ3) is 13.8. The van der Waals surface area contributed by atoms with E-state index in [1.165, 1.54) is 6.07 Å². The predicted molar refractivity (Wildman–Crippen MR) is 200 cm³/mol. The molecule has 0 unspecified atom stereocenters. The Labute approximate surface area is 312 Å². The van der Waals surface area contributed by atoms with Gasteiger partial charge in [0.25, 0.3) is 0 Å². The van der Waals surface area contributed by atoms with Crippen LogP contribution in [0.1, 0.15) is 52.0 Å². The van der Waals surface area contributed by atoms with E-state index in [0.29, 0.717) is 86.2 Å². The fourth-order valence-corrected chi connectivity index (χ4v) is 4.60. The van der Waals surface area contributed by atoms with Crippen LogP contribution in [0.4, 0.5) is 5.69 Å². The van der Waals surface area contributed by atoms with Gasteiger partial charge >= 0.3 is 23.9 Å². The normalized spacial score (nSPS) is 10.6. The first kappa shape index (κ1) is 39.6. The van der Waals surface area contributed by atoms with Crippen LogP contribution in [-0.2, 0) is 19.1 Å². The third-order valence-electron chi connectivity index (χ3n) is 7.19.